The largest absolute Gasteiger partial charge is 0.250 e. The maximum Gasteiger partial charge on any atom is 0.152 e. The second-order valence-electron chi connectivity index (χ2n) is 6.56. The molecule has 0 unspecified atom stereocenters. The summed E-state index contributed by atoms with van der Waals surface area (Å²) in [4.78, 5) is 9.25. The Morgan fingerprint density at radius 1 is 0.679 bits per heavy atom. The van der Waals surface area contributed by atoms with E-state index in [1.165, 1.54) is 0 Å². The van der Waals surface area contributed by atoms with Crippen LogP contribution >= 0.6 is 0 Å². The Balaban J connectivity index is 2.11. The topological polar surface area (TPSA) is 35.6 Å². The predicted octanol–water partition coefficient (Wildman–Crippen LogP) is 5.13. The second-order valence-corrected chi connectivity index (χ2v) is 6.56. The number of benzene rings is 1. The van der Waals surface area contributed by atoms with Crippen molar-refractivity contribution in [3.63, 3.8) is 0 Å². The summed E-state index contributed by atoms with van der Waals surface area (Å²) in [6, 6.07) is 19.1. The van der Waals surface area contributed by atoms with Crippen molar-refractivity contribution in [2.24, 2.45) is 0 Å². The lowest BCUT2D eigenvalue weighted by atomic mass is 10.1. The van der Waals surface area contributed by atoms with Crippen LogP contribution in [0.5, 0.6) is 0 Å². The lowest BCUT2D eigenvalue weighted by Gasteiger charge is -2.01. The average molecular weight is 362 g/mol. The number of nitrogens with zero attached hydrogens (tertiary/aromatic N) is 4. The van der Waals surface area contributed by atoms with Gasteiger partial charge in [-0.15, -0.1) is 0 Å². The maximum atomic E-state index is 4.62. The molecule has 4 nitrogen and oxygen atoms in total. The van der Waals surface area contributed by atoms with Gasteiger partial charge in [0, 0.05) is 58.9 Å². The highest BCUT2D eigenvalue weighted by atomic mass is 15.1. The molecule has 0 aliphatic carbocycles. The van der Waals surface area contributed by atoms with E-state index in [2.05, 4.69) is 72.0 Å². The van der Waals surface area contributed by atoms with Crippen molar-refractivity contribution < 1.29 is 0 Å². The molecule has 5 rings (SSSR count). The van der Waals surface area contributed by atoms with E-state index in [1.54, 1.807) is 0 Å². The van der Waals surface area contributed by atoms with Crippen LogP contribution in [0.15, 0.2) is 48.8 Å². The predicted molar refractivity (Wildman–Crippen MR) is 115 cm³/mol. The molecular weight excluding hydrogens is 344 g/mol. The van der Waals surface area contributed by atoms with Crippen LogP contribution in [0.3, 0.4) is 0 Å². The molecule has 0 aliphatic heterocycles. The Morgan fingerprint density at radius 2 is 1.14 bits per heavy atom. The smallest absolute Gasteiger partial charge is 0.152 e. The zero-order valence-electron chi connectivity index (χ0n) is 15.8. The fourth-order valence-electron chi connectivity index (χ4n) is 3.78. The molecule has 1 aromatic carbocycles. The maximum absolute atomic E-state index is 4.62. The van der Waals surface area contributed by atoms with Gasteiger partial charge in [-0.05, 0) is 24.3 Å². The van der Waals surface area contributed by atoms with Crippen LogP contribution < -0.4 is 0 Å². The third-order valence-corrected chi connectivity index (χ3v) is 4.91. The van der Waals surface area contributed by atoms with Gasteiger partial charge >= 0.3 is 0 Å². The molecule has 0 atom stereocenters. The Labute approximate surface area is 162 Å². The van der Waals surface area contributed by atoms with E-state index in [4.69, 9.17) is 0 Å². The molecular formula is C24H18N4. The summed E-state index contributed by atoms with van der Waals surface area (Å²) in [5.41, 5.74) is 3.82. The average Bonchev–Trinajstić information content (AvgIpc) is 3.23. The van der Waals surface area contributed by atoms with Crippen molar-refractivity contribution in [2.45, 2.75) is 26.7 Å². The highest BCUT2D eigenvalue weighted by Gasteiger charge is 2.19. The monoisotopic (exact) mass is 362 g/mol. The third kappa shape index (κ3) is 2.22. The van der Waals surface area contributed by atoms with E-state index in [1.807, 2.05) is 33.7 Å². The molecule has 4 heteroatoms. The van der Waals surface area contributed by atoms with Crippen molar-refractivity contribution >= 4 is 43.9 Å². The molecule has 0 N–H and O–H groups in total. The zero-order valence-corrected chi connectivity index (χ0v) is 15.8. The van der Waals surface area contributed by atoms with E-state index >= 15 is 0 Å². The van der Waals surface area contributed by atoms with Crippen molar-refractivity contribution in [1.82, 2.24) is 19.1 Å². The number of pyridine rings is 2. The second kappa shape index (κ2) is 6.44. The zero-order chi connectivity index (χ0) is 19.1. The van der Waals surface area contributed by atoms with Crippen LogP contribution in [0.2, 0.25) is 0 Å². The summed E-state index contributed by atoms with van der Waals surface area (Å²) < 4.78 is 4.03. The van der Waals surface area contributed by atoms with E-state index in [-0.39, 0.29) is 0 Å². The SMILES string of the molecule is CCC#Cn1c2ncccc2c2ccc3c4cccnc4n(C#CCC)c3c21. The lowest BCUT2D eigenvalue weighted by molar-refractivity contribution is 1.15. The third-order valence-electron chi connectivity index (χ3n) is 4.91. The fourth-order valence-corrected chi connectivity index (χ4v) is 3.78. The number of hydrogen-bond acceptors (Lipinski definition) is 2. The van der Waals surface area contributed by atoms with Crippen LogP contribution in [0.25, 0.3) is 43.9 Å². The standard InChI is InChI=1S/C24H18N4/c1-3-5-15-27-21-17(19-9-7-13-25-23(19)27)11-12-18-20-10-8-14-26-24(20)28(22(18)21)16-6-4-2/h7-14H,3-4H2,1-2H3. The Morgan fingerprint density at radius 3 is 1.57 bits per heavy atom. The van der Waals surface area contributed by atoms with Crippen LogP contribution in [0.1, 0.15) is 26.7 Å². The molecule has 0 fully saturated rings. The minimum Gasteiger partial charge on any atom is -0.250 e. The Hall–Kier alpha value is -3.76. The van der Waals surface area contributed by atoms with Gasteiger partial charge in [-0.1, -0.05) is 37.8 Å². The summed E-state index contributed by atoms with van der Waals surface area (Å²) in [5, 5.41) is 4.45. The van der Waals surface area contributed by atoms with Crippen molar-refractivity contribution in [2.75, 3.05) is 0 Å². The molecule has 0 saturated heterocycles. The molecule has 0 saturated carbocycles. The fraction of sp³-hybridized carbons (Fsp3) is 0.167. The molecule has 4 aromatic heterocycles. The molecule has 5 aromatic rings. The molecule has 134 valence electrons. The van der Waals surface area contributed by atoms with Crippen molar-refractivity contribution in [3.05, 3.63) is 48.8 Å². The molecule has 4 heterocycles. The van der Waals surface area contributed by atoms with E-state index in [0.717, 1.165) is 56.7 Å². The van der Waals surface area contributed by atoms with E-state index in [0.29, 0.717) is 0 Å². The normalized spacial score (nSPS) is 10.9. The van der Waals surface area contributed by atoms with Gasteiger partial charge in [0.05, 0.1) is 11.0 Å². The van der Waals surface area contributed by atoms with Gasteiger partial charge in [0.2, 0.25) is 0 Å². The first-order valence-electron chi connectivity index (χ1n) is 9.50. The summed E-state index contributed by atoms with van der Waals surface area (Å²) in [7, 11) is 0. The Kier molecular flexibility index (Phi) is 3.78. The molecule has 0 amide bonds. The molecule has 0 spiro atoms. The molecule has 0 radical (unpaired) electrons. The summed E-state index contributed by atoms with van der Waals surface area (Å²) in [6.45, 7) is 4.11. The van der Waals surface area contributed by atoms with Crippen LogP contribution in [0.4, 0.5) is 0 Å². The summed E-state index contributed by atoms with van der Waals surface area (Å²) >= 11 is 0. The van der Waals surface area contributed by atoms with Gasteiger partial charge in [0.1, 0.15) is 0 Å². The van der Waals surface area contributed by atoms with Gasteiger partial charge in [0.25, 0.3) is 0 Å². The highest BCUT2D eigenvalue weighted by molar-refractivity contribution is 6.22. The number of hydrogen-bond donors (Lipinski definition) is 0. The minimum atomic E-state index is 0.782. The van der Waals surface area contributed by atoms with Gasteiger partial charge in [0.15, 0.2) is 11.3 Å². The van der Waals surface area contributed by atoms with Gasteiger partial charge in [-0.3, -0.25) is 0 Å². The van der Waals surface area contributed by atoms with Crippen molar-refractivity contribution in [3.8, 4) is 23.9 Å². The van der Waals surface area contributed by atoms with Crippen LogP contribution in [-0.2, 0) is 0 Å². The van der Waals surface area contributed by atoms with Gasteiger partial charge in [-0.25, -0.2) is 19.1 Å². The van der Waals surface area contributed by atoms with Crippen LogP contribution in [-0.4, -0.2) is 19.1 Å². The molecule has 0 aliphatic rings. The first-order valence-corrected chi connectivity index (χ1v) is 9.50. The Bertz CT molecular complexity index is 1380. The number of aromatic nitrogens is 4. The van der Waals surface area contributed by atoms with Gasteiger partial charge in [-0.2, -0.15) is 0 Å². The van der Waals surface area contributed by atoms with E-state index in [9.17, 15) is 0 Å². The molecule has 0 bridgehead atoms. The summed E-state index contributed by atoms with van der Waals surface area (Å²) in [5.74, 6) is 6.42. The minimum absolute atomic E-state index is 0.782. The lowest BCUT2D eigenvalue weighted by Crippen LogP contribution is -1.95. The number of rotatable bonds is 0. The first kappa shape index (κ1) is 16.4. The first-order chi connectivity index (χ1) is 13.8. The summed E-state index contributed by atoms with van der Waals surface area (Å²) in [6.07, 6.45) is 5.20. The number of fused-ring (bicyclic) bond motifs is 7. The molecule has 28 heavy (non-hydrogen) atoms. The van der Waals surface area contributed by atoms with Gasteiger partial charge < -0.3 is 0 Å². The highest BCUT2D eigenvalue weighted by Crippen LogP contribution is 2.37. The quantitative estimate of drug-likeness (QED) is 0.358. The van der Waals surface area contributed by atoms with Crippen LogP contribution in [0, 0.1) is 23.9 Å². The van der Waals surface area contributed by atoms with E-state index < -0.39 is 0 Å². The van der Waals surface area contributed by atoms with Crippen molar-refractivity contribution in [1.29, 1.82) is 0 Å².